The molecule has 0 heterocycles. The molecule has 4 aromatic carbocycles. The number of carbonyl (C=O) groups excluding carboxylic acids is 2. The van der Waals surface area contributed by atoms with Gasteiger partial charge >= 0.3 is 12.7 Å². The number of carbonyl (C=O) groups is 2. The fourth-order valence-corrected chi connectivity index (χ4v) is 5.00. The Kier molecular flexibility index (Phi) is 8.52. The molecule has 0 bridgehead atoms. The van der Waals surface area contributed by atoms with Gasteiger partial charge < -0.3 is 19.3 Å². The van der Waals surface area contributed by atoms with Crippen molar-refractivity contribution in [1.29, 1.82) is 0 Å². The molecule has 5 rings (SSSR count). The lowest BCUT2D eigenvalue weighted by atomic mass is 9.79. The molecule has 44 heavy (non-hydrogen) atoms. The van der Waals surface area contributed by atoms with Gasteiger partial charge in [0.15, 0.2) is 23.7 Å². The van der Waals surface area contributed by atoms with Crippen molar-refractivity contribution in [2.75, 3.05) is 9.80 Å². The van der Waals surface area contributed by atoms with Crippen LogP contribution in [0.25, 0.3) is 0 Å². The molecule has 1 saturated carbocycles. The van der Waals surface area contributed by atoms with E-state index in [4.69, 9.17) is 0 Å². The fraction of sp³-hybridized carbons (Fsp3) is 0.188. The summed E-state index contributed by atoms with van der Waals surface area (Å²) in [6.07, 6.45) is -9.78. The molecule has 12 heteroatoms. The Bertz CT molecular complexity index is 1450. The van der Waals surface area contributed by atoms with Crippen LogP contribution in [0.2, 0.25) is 0 Å². The first kappa shape index (κ1) is 30.5. The zero-order valence-electron chi connectivity index (χ0n) is 22.8. The van der Waals surface area contributed by atoms with E-state index in [0.29, 0.717) is 11.4 Å². The van der Waals surface area contributed by atoms with E-state index in [9.17, 15) is 35.9 Å². The number of halogens is 6. The molecule has 0 amide bonds. The van der Waals surface area contributed by atoms with Crippen molar-refractivity contribution in [3.05, 3.63) is 120 Å². The molecular formula is C32H24F6N2O4. The first-order valence-electron chi connectivity index (χ1n) is 13.3. The molecule has 0 saturated heterocycles. The Balaban J connectivity index is 1.45. The molecule has 1 aliphatic carbocycles. The highest BCUT2D eigenvalue weighted by molar-refractivity contribution is 6.33. The van der Waals surface area contributed by atoms with Gasteiger partial charge in [-0.15, -0.1) is 26.3 Å². The summed E-state index contributed by atoms with van der Waals surface area (Å²) in [6, 6.07) is 25.0. The predicted octanol–water partition coefficient (Wildman–Crippen LogP) is 7.09. The van der Waals surface area contributed by atoms with Crippen molar-refractivity contribution in [2.24, 2.45) is 0 Å². The number of ether oxygens (including phenoxy) is 2. The lowest BCUT2D eigenvalue weighted by Crippen LogP contribution is -2.70. The van der Waals surface area contributed by atoms with E-state index in [1.807, 2.05) is 0 Å². The number of nitrogens with zero attached hydrogens (tertiary/aromatic N) is 2. The van der Waals surface area contributed by atoms with Crippen LogP contribution in [0, 0.1) is 0 Å². The Morgan fingerprint density at radius 3 is 1.11 bits per heavy atom. The monoisotopic (exact) mass is 614 g/mol. The SMILES string of the molecule is O=C1C(N(Cc2ccccc2)c2ccc(OC(F)(F)F)cc2)C(=O)C1N(Cc1ccccc1)c1ccc(OC(F)(F)F)cc1. The fourth-order valence-electron chi connectivity index (χ4n) is 5.00. The summed E-state index contributed by atoms with van der Waals surface area (Å²) in [6.45, 7) is 0.189. The van der Waals surface area contributed by atoms with Gasteiger partial charge in [-0.1, -0.05) is 60.7 Å². The van der Waals surface area contributed by atoms with Crippen molar-refractivity contribution in [3.8, 4) is 11.5 Å². The molecule has 0 spiro atoms. The third-order valence-electron chi connectivity index (χ3n) is 6.90. The highest BCUT2D eigenvalue weighted by Gasteiger charge is 2.55. The molecule has 0 N–H and O–H groups in total. The van der Waals surface area contributed by atoms with Crippen molar-refractivity contribution in [1.82, 2.24) is 0 Å². The molecule has 1 aliphatic rings. The quantitative estimate of drug-likeness (QED) is 0.141. The molecule has 228 valence electrons. The molecule has 1 fully saturated rings. The standard InChI is InChI=1S/C32H24F6N2O4/c33-31(34,35)43-25-15-11-23(12-16-25)39(19-21-7-3-1-4-8-21)27-29(41)28(30(27)42)40(20-22-9-5-2-6-10-22)24-13-17-26(18-14-24)44-32(36,37)38/h1-18,27-28H,19-20H2. The largest absolute Gasteiger partial charge is 0.573 e. The molecule has 0 radical (unpaired) electrons. The number of Topliss-reactive ketones (excluding diaryl/α,β-unsaturated/α-hetero) is 2. The zero-order valence-corrected chi connectivity index (χ0v) is 22.8. The number of alkyl halides is 6. The number of benzene rings is 4. The van der Waals surface area contributed by atoms with Gasteiger partial charge in [0.25, 0.3) is 0 Å². The Morgan fingerprint density at radius 2 is 0.818 bits per heavy atom. The maximum Gasteiger partial charge on any atom is 0.573 e. The second kappa shape index (κ2) is 12.3. The molecule has 0 aliphatic heterocycles. The van der Waals surface area contributed by atoms with Gasteiger partial charge in [0.05, 0.1) is 0 Å². The summed E-state index contributed by atoms with van der Waals surface area (Å²) in [7, 11) is 0. The van der Waals surface area contributed by atoms with Crippen LogP contribution in [-0.2, 0) is 22.7 Å². The maximum absolute atomic E-state index is 13.8. The predicted molar refractivity (Wildman–Crippen MR) is 149 cm³/mol. The highest BCUT2D eigenvalue weighted by atomic mass is 19.4. The van der Waals surface area contributed by atoms with Gasteiger partial charge in [0.1, 0.15) is 11.5 Å². The molecular weight excluding hydrogens is 590 g/mol. The number of ketones is 2. The van der Waals surface area contributed by atoms with Crippen LogP contribution in [-0.4, -0.2) is 36.4 Å². The molecule has 0 aromatic heterocycles. The van der Waals surface area contributed by atoms with Crippen molar-refractivity contribution < 1.29 is 45.4 Å². The summed E-state index contributed by atoms with van der Waals surface area (Å²) in [5.41, 5.74) is 2.12. The average molecular weight is 615 g/mol. The van der Waals surface area contributed by atoms with Crippen LogP contribution >= 0.6 is 0 Å². The van der Waals surface area contributed by atoms with E-state index >= 15 is 0 Å². The summed E-state index contributed by atoms with van der Waals surface area (Å²) in [5, 5.41) is 0. The van der Waals surface area contributed by atoms with Crippen LogP contribution in [0.5, 0.6) is 11.5 Å². The lowest BCUT2D eigenvalue weighted by Gasteiger charge is -2.46. The van der Waals surface area contributed by atoms with Crippen molar-refractivity contribution >= 4 is 22.9 Å². The zero-order chi connectivity index (χ0) is 31.5. The van der Waals surface area contributed by atoms with Crippen molar-refractivity contribution in [2.45, 2.75) is 37.9 Å². The number of hydrogen-bond acceptors (Lipinski definition) is 6. The average Bonchev–Trinajstić information content (AvgIpc) is 2.97. The Hall–Kier alpha value is -5.00. The maximum atomic E-state index is 13.8. The van der Waals surface area contributed by atoms with E-state index in [0.717, 1.165) is 35.4 Å². The smallest absolute Gasteiger partial charge is 0.406 e. The third kappa shape index (κ3) is 7.31. The molecule has 0 unspecified atom stereocenters. The summed E-state index contributed by atoms with van der Waals surface area (Å²) in [5.74, 6) is -1.88. The van der Waals surface area contributed by atoms with E-state index in [2.05, 4.69) is 9.47 Å². The summed E-state index contributed by atoms with van der Waals surface area (Å²) >= 11 is 0. The lowest BCUT2D eigenvalue weighted by molar-refractivity contribution is -0.275. The Morgan fingerprint density at radius 1 is 0.500 bits per heavy atom. The first-order valence-corrected chi connectivity index (χ1v) is 13.3. The summed E-state index contributed by atoms with van der Waals surface area (Å²) in [4.78, 5) is 30.7. The minimum Gasteiger partial charge on any atom is -0.406 e. The van der Waals surface area contributed by atoms with E-state index < -0.39 is 47.9 Å². The van der Waals surface area contributed by atoms with Gasteiger partial charge in [-0.05, 0) is 59.7 Å². The number of rotatable bonds is 10. The molecule has 0 atom stereocenters. The van der Waals surface area contributed by atoms with Crippen LogP contribution in [0.15, 0.2) is 109 Å². The molecule has 4 aromatic rings. The normalized spacial score (nSPS) is 16.7. The highest BCUT2D eigenvalue weighted by Crippen LogP contribution is 2.35. The topological polar surface area (TPSA) is 59.1 Å². The van der Waals surface area contributed by atoms with Gasteiger partial charge in [-0.2, -0.15) is 0 Å². The van der Waals surface area contributed by atoms with Crippen LogP contribution in [0.3, 0.4) is 0 Å². The minimum absolute atomic E-state index is 0.0946. The Labute approximate surface area is 248 Å². The minimum atomic E-state index is -4.89. The molecule has 6 nitrogen and oxygen atoms in total. The van der Waals surface area contributed by atoms with Gasteiger partial charge in [0, 0.05) is 24.5 Å². The van der Waals surface area contributed by atoms with Gasteiger partial charge in [-0.25, -0.2) is 0 Å². The van der Waals surface area contributed by atoms with Crippen LogP contribution < -0.4 is 19.3 Å². The number of anilines is 2. The van der Waals surface area contributed by atoms with Crippen molar-refractivity contribution in [3.63, 3.8) is 0 Å². The number of hydrogen-bond donors (Lipinski definition) is 0. The van der Waals surface area contributed by atoms with E-state index in [1.165, 1.54) is 34.1 Å². The van der Waals surface area contributed by atoms with E-state index in [1.54, 1.807) is 60.7 Å². The van der Waals surface area contributed by atoms with Gasteiger partial charge in [0.2, 0.25) is 0 Å². The van der Waals surface area contributed by atoms with Crippen LogP contribution in [0.4, 0.5) is 37.7 Å². The first-order chi connectivity index (χ1) is 20.9. The third-order valence-corrected chi connectivity index (χ3v) is 6.90. The van der Waals surface area contributed by atoms with Crippen LogP contribution in [0.1, 0.15) is 11.1 Å². The summed E-state index contributed by atoms with van der Waals surface area (Å²) < 4.78 is 84.2. The van der Waals surface area contributed by atoms with Gasteiger partial charge in [-0.3, -0.25) is 9.59 Å². The second-order valence-corrected chi connectivity index (χ2v) is 9.92. The second-order valence-electron chi connectivity index (χ2n) is 9.92. The van der Waals surface area contributed by atoms with E-state index in [-0.39, 0.29) is 13.1 Å².